The highest BCUT2D eigenvalue weighted by atomic mass is 35.5. The van der Waals surface area contributed by atoms with Gasteiger partial charge in [-0.05, 0) is 12.1 Å². The minimum atomic E-state index is -0.644. The number of hydrogen-bond acceptors (Lipinski definition) is 5. The van der Waals surface area contributed by atoms with Gasteiger partial charge in [0.25, 0.3) is 0 Å². The number of halogens is 3. The van der Waals surface area contributed by atoms with E-state index in [1.165, 1.54) is 6.07 Å². The van der Waals surface area contributed by atoms with Crippen molar-refractivity contribution in [2.24, 2.45) is 0 Å². The van der Waals surface area contributed by atoms with Crippen molar-refractivity contribution in [1.82, 2.24) is 9.80 Å². The first-order valence-corrected chi connectivity index (χ1v) is 7.30. The topological polar surface area (TPSA) is 56.2 Å². The third-order valence-electron chi connectivity index (χ3n) is 3.62. The van der Waals surface area contributed by atoms with Gasteiger partial charge in [-0.1, -0.05) is 12.1 Å². The Kier molecular flexibility index (Phi) is 11.5. The molecule has 1 aliphatic heterocycles. The number of ether oxygens (including phenoxy) is 1. The lowest BCUT2D eigenvalue weighted by atomic mass is 10.2. The van der Waals surface area contributed by atoms with Crippen LogP contribution in [0.4, 0.5) is 4.39 Å². The Labute approximate surface area is 148 Å². The smallest absolute Gasteiger partial charge is 0.165 e. The summed E-state index contributed by atoms with van der Waals surface area (Å²) in [6.07, 6.45) is -0.644. The highest BCUT2D eigenvalue weighted by Gasteiger charge is 2.19. The van der Waals surface area contributed by atoms with Gasteiger partial charge in [-0.2, -0.15) is 0 Å². The van der Waals surface area contributed by atoms with Crippen LogP contribution in [0, 0.1) is 5.82 Å². The molecule has 0 aromatic heterocycles. The molecular formula is C15H25Cl2FN2O3. The molecule has 0 aliphatic carbocycles. The average molecular weight is 371 g/mol. The second kappa shape index (κ2) is 11.8. The lowest BCUT2D eigenvalue weighted by Crippen LogP contribution is -2.49. The lowest BCUT2D eigenvalue weighted by molar-refractivity contribution is 0.0420. The second-order valence-corrected chi connectivity index (χ2v) is 5.26. The predicted molar refractivity (Wildman–Crippen MR) is 92.4 cm³/mol. The summed E-state index contributed by atoms with van der Waals surface area (Å²) in [7, 11) is 0. The van der Waals surface area contributed by atoms with Crippen LogP contribution in [0.1, 0.15) is 0 Å². The van der Waals surface area contributed by atoms with E-state index in [0.717, 1.165) is 26.2 Å². The summed E-state index contributed by atoms with van der Waals surface area (Å²) < 4.78 is 18.7. The third kappa shape index (κ3) is 7.65. The van der Waals surface area contributed by atoms with Crippen LogP contribution < -0.4 is 4.74 Å². The van der Waals surface area contributed by atoms with E-state index in [-0.39, 0.29) is 43.8 Å². The molecule has 5 nitrogen and oxygen atoms in total. The van der Waals surface area contributed by atoms with Crippen molar-refractivity contribution < 1.29 is 19.3 Å². The molecule has 0 saturated carbocycles. The molecule has 2 rings (SSSR count). The Morgan fingerprint density at radius 2 is 1.70 bits per heavy atom. The Balaban J connectivity index is 0.00000242. The summed E-state index contributed by atoms with van der Waals surface area (Å²) in [5, 5.41) is 18.9. The molecule has 23 heavy (non-hydrogen) atoms. The first-order valence-electron chi connectivity index (χ1n) is 7.30. The van der Waals surface area contributed by atoms with Gasteiger partial charge in [0, 0.05) is 39.3 Å². The van der Waals surface area contributed by atoms with Crippen LogP contribution in [0.25, 0.3) is 0 Å². The fourth-order valence-electron chi connectivity index (χ4n) is 2.44. The molecule has 1 saturated heterocycles. The summed E-state index contributed by atoms with van der Waals surface area (Å²) in [5.74, 6) is -0.244. The Hall–Kier alpha value is -0.630. The van der Waals surface area contributed by atoms with Crippen molar-refractivity contribution in [3.8, 4) is 5.75 Å². The van der Waals surface area contributed by atoms with Crippen LogP contribution in [0.15, 0.2) is 24.3 Å². The van der Waals surface area contributed by atoms with Gasteiger partial charge < -0.3 is 14.9 Å². The predicted octanol–water partition coefficient (Wildman–Crippen LogP) is 1.02. The highest BCUT2D eigenvalue weighted by Crippen LogP contribution is 2.15. The zero-order valence-electron chi connectivity index (χ0n) is 12.9. The van der Waals surface area contributed by atoms with Crippen molar-refractivity contribution in [3.63, 3.8) is 0 Å². The van der Waals surface area contributed by atoms with E-state index < -0.39 is 11.9 Å². The van der Waals surface area contributed by atoms with E-state index in [9.17, 15) is 9.50 Å². The fourth-order valence-corrected chi connectivity index (χ4v) is 2.44. The number of benzene rings is 1. The molecule has 1 aromatic carbocycles. The van der Waals surface area contributed by atoms with E-state index in [1.807, 2.05) is 0 Å². The van der Waals surface area contributed by atoms with Gasteiger partial charge in [-0.15, -0.1) is 24.8 Å². The largest absolute Gasteiger partial charge is 0.488 e. The Bertz CT molecular complexity index is 435. The molecule has 0 radical (unpaired) electrons. The average Bonchev–Trinajstić information content (AvgIpc) is 2.49. The monoisotopic (exact) mass is 370 g/mol. The van der Waals surface area contributed by atoms with Crippen LogP contribution in [0.3, 0.4) is 0 Å². The number of para-hydroxylation sites is 1. The molecule has 1 heterocycles. The molecule has 1 fully saturated rings. The number of aliphatic hydroxyl groups is 2. The van der Waals surface area contributed by atoms with Gasteiger partial charge in [0.1, 0.15) is 12.7 Å². The fraction of sp³-hybridized carbons (Fsp3) is 0.600. The minimum Gasteiger partial charge on any atom is -0.488 e. The number of rotatable bonds is 7. The third-order valence-corrected chi connectivity index (χ3v) is 3.62. The van der Waals surface area contributed by atoms with Crippen LogP contribution in [-0.4, -0.2) is 78.6 Å². The first-order chi connectivity index (χ1) is 10.2. The van der Waals surface area contributed by atoms with Crippen LogP contribution >= 0.6 is 24.8 Å². The Morgan fingerprint density at radius 3 is 2.30 bits per heavy atom. The number of piperazine rings is 1. The Morgan fingerprint density at radius 1 is 1.09 bits per heavy atom. The zero-order chi connectivity index (χ0) is 15.1. The number of nitrogens with zero attached hydrogens (tertiary/aromatic N) is 2. The lowest BCUT2D eigenvalue weighted by Gasteiger charge is -2.35. The SMILES string of the molecule is Cl.Cl.OCCN1CCN(CC(O)COc2ccccc2F)CC1. The summed E-state index contributed by atoms with van der Waals surface area (Å²) in [5.41, 5.74) is 0. The van der Waals surface area contributed by atoms with Crippen molar-refractivity contribution in [3.05, 3.63) is 30.1 Å². The van der Waals surface area contributed by atoms with Crippen molar-refractivity contribution in [2.75, 3.05) is 52.5 Å². The van der Waals surface area contributed by atoms with E-state index in [1.54, 1.807) is 18.2 Å². The number of aliphatic hydroxyl groups excluding tert-OH is 2. The summed E-state index contributed by atoms with van der Waals surface area (Å²) in [6.45, 7) is 4.97. The van der Waals surface area contributed by atoms with E-state index in [4.69, 9.17) is 9.84 Å². The minimum absolute atomic E-state index is 0. The molecule has 8 heteroatoms. The molecule has 2 N–H and O–H groups in total. The summed E-state index contributed by atoms with van der Waals surface area (Å²) in [6, 6.07) is 6.19. The van der Waals surface area contributed by atoms with E-state index in [0.29, 0.717) is 13.1 Å². The van der Waals surface area contributed by atoms with Crippen molar-refractivity contribution >= 4 is 24.8 Å². The summed E-state index contributed by atoms with van der Waals surface area (Å²) >= 11 is 0. The second-order valence-electron chi connectivity index (χ2n) is 5.26. The highest BCUT2D eigenvalue weighted by molar-refractivity contribution is 5.85. The number of hydrogen-bond donors (Lipinski definition) is 2. The van der Waals surface area contributed by atoms with Gasteiger partial charge in [-0.3, -0.25) is 9.80 Å². The maximum absolute atomic E-state index is 13.4. The molecule has 134 valence electrons. The van der Waals surface area contributed by atoms with Gasteiger partial charge in [0.15, 0.2) is 11.6 Å². The maximum atomic E-state index is 13.4. The molecular weight excluding hydrogens is 346 g/mol. The van der Waals surface area contributed by atoms with Crippen molar-refractivity contribution in [1.29, 1.82) is 0 Å². The maximum Gasteiger partial charge on any atom is 0.165 e. The molecule has 1 aliphatic rings. The zero-order valence-corrected chi connectivity index (χ0v) is 14.6. The van der Waals surface area contributed by atoms with Crippen LogP contribution in [0.2, 0.25) is 0 Å². The van der Waals surface area contributed by atoms with Gasteiger partial charge >= 0.3 is 0 Å². The normalized spacial score (nSPS) is 17.0. The van der Waals surface area contributed by atoms with Gasteiger partial charge in [0.05, 0.1) is 6.61 Å². The van der Waals surface area contributed by atoms with Gasteiger partial charge in [-0.25, -0.2) is 4.39 Å². The first kappa shape index (κ1) is 22.4. The van der Waals surface area contributed by atoms with Gasteiger partial charge in [0.2, 0.25) is 0 Å². The molecule has 0 amide bonds. The molecule has 0 spiro atoms. The standard InChI is InChI=1S/C15H23FN2O3.2ClH/c16-14-3-1-2-4-15(14)21-12-13(20)11-18-7-5-17(6-8-18)9-10-19;;/h1-4,13,19-20H,5-12H2;2*1H. The van der Waals surface area contributed by atoms with E-state index >= 15 is 0 Å². The number of β-amino-alcohol motifs (C(OH)–C–C–N with tert-alkyl or cyclic N) is 2. The van der Waals surface area contributed by atoms with Crippen molar-refractivity contribution in [2.45, 2.75) is 6.10 Å². The van der Waals surface area contributed by atoms with Crippen LogP contribution in [0.5, 0.6) is 5.75 Å². The van der Waals surface area contributed by atoms with E-state index in [2.05, 4.69) is 9.80 Å². The molecule has 1 aromatic rings. The molecule has 0 bridgehead atoms. The van der Waals surface area contributed by atoms with Crippen LogP contribution in [-0.2, 0) is 0 Å². The molecule has 1 unspecified atom stereocenters. The quantitative estimate of drug-likeness (QED) is 0.750. The summed E-state index contributed by atoms with van der Waals surface area (Å²) in [4.78, 5) is 4.35. The molecule has 1 atom stereocenters.